The number of hydrogen-bond donors (Lipinski definition) is 3. The second kappa shape index (κ2) is 11.6. The highest BCUT2D eigenvalue weighted by molar-refractivity contribution is 7.19. The number of H-pyrrole nitrogens is 1. The van der Waals surface area contributed by atoms with Gasteiger partial charge in [0, 0.05) is 68.0 Å². The van der Waals surface area contributed by atoms with Gasteiger partial charge >= 0.3 is 6.03 Å². The summed E-state index contributed by atoms with van der Waals surface area (Å²) in [7, 11) is 0. The summed E-state index contributed by atoms with van der Waals surface area (Å²) < 4.78 is 0. The Morgan fingerprint density at radius 3 is 2.34 bits per heavy atom. The Balaban J connectivity index is 1.12. The zero-order chi connectivity index (χ0) is 30.7. The molecule has 3 N–H and O–H groups in total. The van der Waals surface area contributed by atoms with E-state index in [2.05, 4.69) is 67.2 Å². The van der Waals surface area contributed by atoms with Crippen molar-refractivity contribution in [1.29, 1.82) is 0 Å². The number of aryl methyl sites for hydroxylation is 2. The van der Waals surface area contributed by atoms with Gasteiger partial charge in [-0.3, -0.25) is 9.69 Å². The maximum absolute atomic E-state index is 14.0. The van der Waals surface area contributed by atoms with Gasteiger partial charge in [0.1, 0.15) is 10.6 Å². The number of aromatic amines is 1. The lowest BCUT2D eigenvalue weighted by Gasteiger charge is -2.36. The van der Waals surface area contributed by atoms with Crippen molar-refractivity contribution in [2.45, 2.75) is 70.9 Å². The third-order valence-corrected chi connectivity index (χ3v) is 12.2. The van der Waals surface area contributed by atoms with E-state index < -0.39 is 5.41 Å². The quantitative estimate of drug-likeness (QED) is 0.358. The number of ketones is 1. The van der Waals surface area contributed by atoms with Gasteiger partial charge in [-0.1, -0.05) is 17.2 Å². The van der Waals surface area contributed by atoms with E-state index in [1.165, 1.54) is 39.8 Å². The zero-order valence-corrected chi connectivity index (χ0v) is 27.4. The molecule has 9 heteroatoms. The molecular weight excluding hydrogens is 570 g/mol. The van der Waals surface area contributed by atoms with Crippen molar-refractivity contribution < 1.29 is 14.7 Å². The summed E-state index contributed by atoms with van der Waals surface area (Å²) in [5.41, 5.74) is 5.71. The minimum Gasteiger partial charge on any atom is -0.391 e. The van der Waals surface area contributed by atoms with Gasteiger partial charge in [0.25, 0.3) is 0 Å². The van der Waals surface area contributed by atoms with Crippen LogP contribution >= 0.6 is 11.3 Å². The number of rotatable bonds is 7. The first-order chi connectivity index (χ1) is 21.1. The number of aliphatic hydroxyl groups is 1. The van der Waals surface area contributed by atoms with Crippen molar-refractivity contribution >= 4 is 33.4 Å². The number of nitrogens with zero attached hydrogens (tertiary/aromatic N) is 3. The molecule has 0 radical (unpaired) electrons. The molecule has 1 aromatic carbocycles. The second-order valence-electron chi connectivity index (χ2n) is 14.3. The summed E-state index contributed by atoms with van der Waals surface area (Å²) in [6.45, 7) is 14.7. The Morgan fingerprint density at radius 1 is 0.977 bits per heavy atom. The van der Waals surface area contributed by atoms with Gasteiger partial charge in [-0.05, 0) is 95.2 Å². The maximum atomic E-state index is 14.0. The van der Waals surface area contributed by atoms with E-state index >= 15 is 0 Å². The molecule has 3 aliphatic heterocycles. The van der Waals surface area contributed by atoms with E-state index in [0.29, 0.717) is 37.3 Å². The van der Waals surface area contributed by atoms with Gasteiger partial charge in [-0.25, -0.2) is 4.79 Å². The molecule has 3 saturated heterocycles. The number of nitrogens with one attached hydrogen (secondary N) is 2. The molecule has 236 valence electrons. The van der Waals surface area contributed by atoms with Crippen LogP contribution in [0.1, 0.15) is 54.7 Å². The van der Waals surface area contributed by atoms with Crippen LogP contribution in [0.4, 0.5) is 4.79 Å². The van der Waals surface area contributed by atoms with E-state index in [1.54, 1.807) is 16.2 Å². The summed E-state index contributed by atoms with van der Waals surface area (Å²) in [5.74, 6) is 1.02. The molecule has 4 atom stereocenters. The molecule has 8 nitrogen and oxygen atoms in total. The average molecular weight is 618 g/mol. The largest absolute Gasteiger partial charge is 0.391 e. The standard InChI is InChI=1S/C35H47N5O3S/c1-21-15-22(2)17-24(16-21)31-26(8-9-38-11-13-39(14-12-38)34(43)40-10-7-25(41)20-40)27-18-29(44-33(27)37-31)35(3,4)32(42)30-23-5-6-28(30)36-19-23/h15-18,23,25,28,30,36-37,41H,5-14,19-20H2,1-4H3. The normalized spacial score (nSPS) is 25.9. The fraction of sp³-hybridized carbons (Fsp3) is 0.600. The van der Waals surface area contributed by atoms with Gasteiger partial charge in [0.05, 0.1) is 17.2 Å². The zero-order valence-electron chi connectivity index (χ0n) is 26.6. The number of carbonyl (C=O) groups excluding carboxylic acids is 2. The minimum absolute atomic E-state index is 0.0648. The number of β-amino-alcohol motifs (C(OH)–C–C–N with tert-alkyl or cyclic N) is 1. The lowest BCUT2D eigenvalue weighted by atomic mass is 9.76. The number of urea groups is 1. The summed E-state index contributed by atoms with van der Waals surface area (Å²) >= 11 is 1.75. The van der Waals surface area contributed by atoms with Crippen molar-refractivity contribution in [3.8, 4) is 11.3 Å². The predicted molar refractivity (Wildman–Crippen MR) is 176 cm³/mol. The fourth-order valence-electron chi connectivity index (χ4n) is 8.29. The van der Waals surface area contributed by atoms with Crippen LogP contribution in [0.3, 0.4) is 0 Å². The maximum Gasteiger partial charge on any atom is 0.320 e. The molecule has 4 unspecified atom stereocenters. The fourth-order valence-corrected chi connectivity index (χ4v) is 9.49. The van der Waals surface area contributed by atoms with Crippen LogP contribution in [-0.2, 0) is 16.6 Å². The number of hydrogen-bond acceptors (Lipinski definition) is 6. The Kier molecular flexibility index (Phi) is 7.88. The van der Waals surface area contributed by atoms with Gasteiger partial charge < -0.3 is 25.2 Å². The first kappa shape index (κ1) is 30.0. The molecule has 44 heavy (non-hydrogen) atoms. The number of carbonyl (C=O) groups is 2. The molecule has 0 spiro atoms. The van der Waals surface area contributed by atoms with Gasteiger partial charge in [-0.15, -0.1) is 11.3 Å². The van der Waals surface area contributed by atoms with Crippen molar-refractivity contribution in [2.75, 3.05) is 52.4 Å². The number of fused-ring (bicyclic) bond motifs is 3. The molecule has 2 aromatic heterocycles. The molecule has 5 heterocycles. The Labute approximate surface area is 264 Å². The molecule has 1 aliphatic carbocycles. The highest BCUT2D eigenvalue weighted by atomic mass is 32.1. The minimum atomic E-state index is -0.520. The third-order valence-electron chi connectivity index (χ3n) is 10.8. The Bertz CT molecular complexity index is 1530. The van der Waals surface area contributed by atoms with Crippen LogP contribution < -0.4 is 5.32 Å². The Morgan fingerprint density at radius 2 is 1.73 bits per heavy atom. The van der Waals surface area contributed by atoms with Gasteiger partial charge in [0.2, 0.25) is 0 Å². The van der Waals surface area contributed by atoms with Crippen molar-refractivity contribution in [1.82, 2.24) is 25.0 Å². The van der Waals surface area contributed by atoms with Gasteiger partial charge in [0.15, 0.2) is 0 Å². The van der Waals surface area contributed by atoms with Crippen LogP contribution in [0.5, 0.6) is 0 Å². The smallest absolute Gasteiger partial charge is 0.320 e. The highest BCUT2D eigenvalue weighted by Crippen LogP contribution is 2.45. The number of aliphatic hydroxyl groups excluding tert-OH is 1. The number of benzene rings is 1. The molecule has 7 rings (SSSR count). The second-order valence-corrected chi connectivity index (χ2v) is 15.4. The lowest BCUT2D eigenvalue weighted by Crippen LogP contribution is -2.52. The van der Waals surface area contributed by atoms with Crippen molar-refractivity contribution in [3.05, 3.63) is 45.8 Å². The summed E-state index contributed by atoms with van der Waals surface area (Å²) in [4.78, 5) is 39.3. The van der Waals surface area contributed by atoms with Crippen LogP contribution in [0.15, 0.2) is 24.3 Å². The molecular formula is C35H47N5O3S. The first-order valence-corrected chi connectivity index (χ1v) is 17.4. The van der Waals surface area contributed by atoms with Gasteiger partial charge in [-0.2, -0.15) is 0 Å². The lowest BCUT2D eigenvalue weighted by molar-refractivity contribution is -0.128. The van der Waals surface area contributed by atoms with Crippen LogP contribution in [0.2, 0.25) is 0 Å². The topological polar surface area (TPSA) is 91.9 Å². The predicted octanol–water partition coefficient (Wildman–Crippen LogP) is 4.70. The monoisotopic (exact) mass is 617 g/mol. The first-order valence-electron chi connectivity index (χ1n) is 16.5. The molecule has 3 aromatic rings. The summed E-state index contributed by atoms with van der Waals surface area (Å²) in [5, 5.41) is 14.7. The third kappa shape index (κ3) is 5.40. The van der Waals surface area contributed by atoms with Crippen molar-refractivity contribution in [3.63, 3.8) is 0 Å². The van der Waals surface area contributed by atoms with E-state index in [9.17, 15) is 14.7 Å². The number of piperazine rings is 1. The number of piperidine rings is 1. The van der Waals surface area contributed by atoms with E-state index in [1.807, 2.05) is 4.90 Å². The van der Waals surface area contributed by atoms with E-state index in [-0.39, 0.29) is 18.1 Å². The highest BCUT2D eigenvalue weighted by Gasteiger charge is 2.50. The molecule has 4 aliphatic rings. The SMILES string of the molecule is Cc1cc(C)cc(-c2[nH]c3sc(C(C)(C)C(=O)C4C5CCC4NC5)cc3c2CCN2CCN(C(=O)N3CCC(O)C3)CC2)c1. The van der Waals surface area contributed by atoms with E-state index in [4.69, 9.17) is 0 Å². The van der Waals surface area contributed by atoms with E-state index in [0.717, 1.165) is 61.8 Å². The van der Waals surface area contributed by atoms with Crippen molar-refractivity contribution in [2.24, 2.45) is 11.8 Å². The average Bonchev–Trinajstić information content (AvgIpc) is 3.82. The number of likely N-dealkylation sites (tertiary alicyclic amines) is 1. The molecule has 1 saturated carbocycles. The molecule has 2 amide bonds. The van der Waals surface area contributed by atoms with Crippen LogP contribution in [0.25, 0.3) is 21.5 Å². The number of aromatic nitrogens is 1. The number of amides is 2. The Hall–Kier alpha value is -2.72. The number of thiophene rings is 1. The van der Waals surface area contributed by atoms with Crippen LogP contribution in [-0.4, -0.2) is 101 Å². The van der Waals surface area contributed by atoms with Crippen LogP contribution in [0, 0.1) is 25.7 Å². The summed E-state index contributed by atoms with van der Waals surface area (Å²) in [6.07, 6.45) is 3.48. The molecule has 2 bridgehead atoms. The number of Topliss-reactive ketones (excluding diaryl/α,β-unsaturated/α-hetero) is 1. The molecule has 4 fully saturated rings. The summed E-state index contributed by atoms with van der Waals surface area (Å²) in [6, 6.07) is 9.47.